The van der Waals surface area contributed by atoms with Crippen LogP contribution in [-0.4, -0.2) is 25.4 Å². The molecule has 2 aliphatic carbocycles. The summed E-state index contributed by atoms with van der Waals surface area (Å²) < 4.78 is 11.3. The minimum atomic E-state index is 0.511. The molecule has 2 aliphatic rings. The second-order valence-electron chi connectivity index (χ2n) is 3.79. The highest BCUT2D eigenvalue weighted by Crippen LogP contribution is 2.54. The molecule has 0 aliphatic heterocycles. The average Bonchev–Trinajstić information content (AvgIpc) is 2.76. The minimum absolute atomic E-state index is 0.511. The zero-order valence-corrected chi connectivity index (χ0v) is 7.95. The van der Waals surface area contributed by atoms with Crippen molar-refractivity contribution >= 4 is 0 Å². The van der Waals surface area contributed by atoms with Crippen LogP contribution >= 0.6 is 0 Å². The lowest BCUT2D eigenvalue weighted by Gasteiger charge is -2.15. The van der Waals surface area contributed by atoms with E-state index in [9.17, 15) is 0 Å². The summed E-state index contributed by atoms with van der Waals surface area (Å²) in [5, 5.41) is 0. The maximum absolute atomic E-state index is 5.65. The van der Waals surface area contributed by atoms with E-state index in [1.54, 1.807) is 0 Å². The van der Waals surface area contributed by atoms with Crippen molar-refractivity contribution in [2.75, 3.05) is 13.2 Å². The van der Waals surface area contributed by atoms with Crippen LogP contribution in [0.25, 0.3) is 0 Å². The van der Waals surface area contributed by atoms with Crippen LogP contribution in [0.3, 0.4) is 0 Å². The summed E-state index contributed by atoms with van der Waals surface area (Å²) in [7, 11) is 0. The molecule has 2 rings (SSSR count). The van der Waals surface area contributed by atoms with E-state index in [1.165, 1.54) is 6.42 Å². The van der Waals surface area contributed by atoms with Crippen molar-refractivity contribution in [2.45, 2.75) is 38.9 Å². The van der Waals surface area contributed by atoms with Crippen molar-refractivity contribution in [2.24, 2.45) is 11.8 Å². The molecule has 0 aromatic carbocycles. The molecular weight excluding hydrogens is 152 g/mol. The van der Waals surface area contributed by atoms with Gasteiger partial charge in [-0.2, -0.15) is 0 Å². The van der Waals surface area contributed by atoms with Crippen molar-refractivity contribution in [1.82, 2.24) is 0 Å². The molecule has 2 heteroatoms. The Hall–Kier alpha value is -0.0800. The molecule has 0 radical (unpaired) electrons. The van der Waals surface area contributed by atoms with E-state index in [0.717, 1.165) is 31.5 Å². The van der Waals surface area contributed by atoms with Crippen molar-refractivity contribution in [3.63, 3.8) is 0 Å². The number of hydrogen-bond acceptors (Lipinski definition) is 2. The van der Waals surface area contributed by atoms with Gasteiger partial charge in [0.1, 0.15) is 0 Å². The van der Waals surface area contributed by atoms with Gasteiger partial charge >= 0.3 is 0 Å². The van der Waals surface area contributed by atoms with E-state index < -0.39 is 0 Å². The van der Waals surface area contributed by atoms with Crippen LogP contribution in [0.4, 0.5) is 0 Å². The largest absolute Gasteiger partial charge is 0.378 e. The summed E-state index contributed by atoms with van der Waals surface area (Å²) in [5.74, 6) is 1.67. The third kappa shape index (κ3) is 1.38. The topological polar surface area (TPSA) is 18.5 Å². The fourth-order valence-electron chi connectivity index (χ4n) is 2.48. The molecule has 0 amide bonds. The molecule has 0 N–H and O–H groups in total. The molecular formula is C10H18O2. The van der Waals surface area contributed by atoms with Crippen LogP contribution < -0.4 is 0 Å². The van der Waals surface area contributed by atoms with Gasteiger partial charge in [0.05, 0.1) is 12.2 Å². The van der Waals surface area contributed by atoms with Crippen molar-refractivity contribution < 1.29 is 9.47 Å². The van der Waals surface area contributed by atoms with E-state index in [-0.39, 0.29) is 0 Å². The van der Waals surface area contributed by atoms with Crippen LogP contribution in [-0.2, 0) is 9.47 Å². The molecule has 2 nitrogen and oxygen atoms in total. The number of rotatable bonds is 4. The van der Waals surface area contributed by atoms with E-state index in [4.69, 9.17) is 9.47 Å². The van der Waals surface area contributed by atoms with Gasteiger partial charge in [-0.3, -0.25) is 0 Å². The highest BCUT2D eigenvalue weighted by atomic mass is 16.5. The molecule has 0 spiro atoms. The second kappa shape index (κ2) is 3.35. The first-order valence-corrected chi connectivity index (χ1v) is 5.10. The second-order valence-corrected chi connectivity index (χ2v) is 3.79. The number of hydrogen-bond donors (Lipinski definition) is 0. The molecule has 2 saturated carbocycles. The fourth-order valence-corrected chi connectivity index (χ4v) is 2.48. The summed E-state index contributed by atoms with van der Waals surface area (Å²) >= 11 is 0. The molecule has 0 bridgehead atoms. The molecule has 0 aromatic rings. The van der Waals surface area contributed by atoms with Crippen LogP contribution in [0.1, 0.15) is 26.7 Å². The Morgan fingerprint density at radius 2 is 1.42 bits per heavy atom. The van der Waals surface area contributed by atoms with Crippen molar-refractivity contribution in [1.29, 1.82) is 0 Å². The maximum atomic E-state index is 5.65. The zero-order chi connectivity index (χ0) is 8.55. The van der Waals surface area contributed by atoms with Gasteiger partial charge in [-0.25, -0.2) is 0 Å². The van der Waals surface area contributed by atoms with E-state index in [2.05, 4.69) is 13.8 Å². The first-order chi connectivity index (χ1) is 5.86. The van der Waals surface area contributed by atoms with Gasteiger partial charge < -0.3 is 9.47 Å². The Kier molecular flexibility index (Phi) is 2.37. The first kappa shape index (κ1) is 8.52. The minimum Gasteiger partial charge on any atom is -0.378 e. The third-order valence-electron chi connectivity index (χ3n) is 3.07. The summed E-state index contributed by atoms with van der Waals surface area (Å²) in [6, 6.07) is 0. The van der Waals surface area contributed by atoms with Gasteiger partial charge in [-0.05, 0) is 32.1 Å². The summed E-state index contributed by atoms with van der Waals surface area (Å²) in [6.07, 6.45) is 3.50. The lowest BCUT2D eigenvalue weighted by molar-refractivity contribution is 0.00970. The lowest BCUT2D eigenvalue weighted by atomic mass is 10.2. The van der Waals surface area contributed by atoms with Gasteiger partial charge in [0, 0.05) is 19.6 Å². The normalized spacial score (nSPS) is 44.5. The SMILES string of the molecule is CCO[C@H]1C[C@@H](OCC)[C@@H]2C[C@@H]21. The quantitative estimate of drug-likeness (QED) is 0.641. The monoisotopic (exact) mass is 170 g/mol. The van der Waals surface area contributed by atoms with Gasteiger partial charge in [-0.1, -0.05) is 0 Å². The predicted octanol–water partition coefficient (Wildman–Crippen LogP) is 1.84. The van der Waals surface area contributed by atoms with Crippen molar-refractivity contribution in [3.05, 3.63) is 0 Å². The predicted molar refractivity (Wildman–Crippen MR) is 47.0 cm³/mol. The summed E-state index contributed by atoms with van der Waals surface area (Å²) in [5.41, 5.74) is 0. The van der Waals surface area contributed by atoms with Gasteiger partial charge in [-0.15, -0.1) is 0 Å². The standard InChI is InChI=1S/C10H18O2/c1-3-11-9-6-10(12-4-2)8-5-7(8)9/h7-10H,3-6H2,1-2H3/t7-,8+,9-,10+. The van der Waals surface area contributed by atoms with Crippen LogP contribution in [0, 0.1) is 11.8 Å². The molecule has 70 valence electrons. The molecule has 2 fully saturated rings. The summed E-state index contributed by atoms with van der Waals surface area (Å²) in [6.45, 7) is 5.86. The smallest absolute Gasteiger partial charge is 0.0631 e. The van der Waals surface area contributed by atoms with Crippen LogP contribution in [0.2, 0.25) is 0 Å². The number of fused-ring (bicyclic) bond motifs is 1. The summed E-state index contributed by atoms with van der Waals surface area (Å²) in [4.78, 5) is 0. The van der Waals surface area contributed by atoms with E-state index >= 15 is 0 Å². The Labute approximate surface area is 74.2 Å². The Morgan fingerprint density at radius 3 is 1.83 bits per heavy atom. The number of ether oxygens (including phenoxy) is 2. The van der Waals surface area contributed by atoms with Crippen LogP contribution in [0.5, 0.6) is 0 Å². The highest BCUT2D eigenvalue weighted by molar-refractivity contribution is 5.04. The average molecular weight is 170 g/mol. The van der Waals surface area contributed by atoms with Crippen LogP contribution in [0.15, 0.2) is 0 Å². The molecule has 12 heavy (non-hydrogen) atoms. The van der Waals surface area contributed by atoms with Gasteiger partial charge in [0.25, 0.3) is 0 Å². The van der Waals surface area contributed by atoms with Gasteiger partial charge in [0.15, 0.2) is 0 Å². The molecule has 4 atom stereocenters. The van der Waals surface area contributed by atoms with E-state index in [0.29, 0.717) is 12.2 Å². The first-order valence-electron chi connectivity index (χ1n) is 5.10. The molecule has 0 saturated heterocycles. The lowest BCUT2D eigenvalue weighted by Crippen LogP contribution is -2.18. The fraction of sp³-hybridized carbons (Fsp3) is 1.00. The maximum Gasteiger partial charge on any atom is 0.0631 e. The molecule has 0 heterocycles. The molecule has 0 aromatic heterocycles. The van der Waals surface area contributed by atoms with E-state index in [1.807, 2.05) is 0 Å². The van der Waals surface area contributed by atoms with Gasteiger partial charge in [0.2, 0.25) is 0 Å². The Morgan fingerprint density at radius 1 is 0.917 bits per heavy atom. The third-order valence-corrected chi connectivity index (χ3v) is 3.07. The highest BCUT2D eigenvalue weighted by Gasteiger charge is 2.55. The zero-order valence-electron chi connectivity index (χ0n) is 7.95. The molecule has 0 unspecified atom stereocenters. The Balaban J connectivity index is 1.82. The Bertz CT molecular complexity index is 142. The van der Waals surface area contributed by atoms with Crippen molar-refractivity contribution in [3.8, 4) is 0 Å².